The molecule has 34 heavy (non-hydrogen) atoms. The third kappa shape index (κ3) is 4.30. The maximum atomic E-state index is 13.4. The first-order chi connectivity index (χ1) is 16.4. The standard InChI is InChI=1S/C25H34N6O2S/c1-17-8-7-13-28(14-17)23(33)16-34-25-27-26-24-29(20-11-4-5-12-21(20)31(24)25)15-22(32)30-18(2)9-6-10-19(30)3/h4-5,11-12,17-19H,6-10,13-16H2,1-3H3/t17-,18-,19+/m0/s1. The first kappa shape index (κ1) is 23.2. The van der Waals surface area contributed by atoms with Gasteiger partial charge in [-0.25, -0.2) is 0 Å². The normalized spacial score (nSPS) is 23.7. The molecular formula is C25H34N6O2S. The summed E-state index contributed by atoms with van der Waals surface area (Å²) in [5.41, 5.74) is 1.91. The second-order valence-electron chi connectivity index (χ2n) is 10.00. The summed E-state index contributed by atoms with van der Waals surface area (Å²) in [6.45, 7) is 8.40. The number of likely N-dealkylation sites (tertiary alicyclic amines) is 2. The van der Waals surface area contributed by atoms with Crippen molar-refractivity contribution in [1.29, 1.82) is 0 Å². The highest BCUT2D eigenvalue weighted by Crippen LogP contribution is 2.28. The van der Waals surface area contributed by atoms with E-state index in [0.29, 0.717) is 22.6 Å². The first-order valence-corrected chi connectivity index (χ1v) is 13.5. The molecule has 1 aromatic carbocycles. The summed E-state index contributed by atoms with van der Waals surface area (Å²) in [7, 11) is 0. The van der Waals surface area contributed by atoms with E-state index in [1.807, 2.05) is 43.0 Å². The topological polar surface area (TPSA) is 75.7 Å². The lowest BCUT2D eigenvalue weighted by molar-refractivity contribution is -0.137. The Kier molecular flexibility index (Phi) is 6.55. The molecule has 2 aromatic heterocycles. The van der Waals surface area contributed by atoms with Gasteiger partial charge in [0.05, 0.1) is 16.8 Å². The molecule has 9 heteroatoms. The zero-order valence-corrected chi connectivity index (χ0v) is 21.1. The van der Waals surface area contributed by atoms with E-state index in [9.17, 15) is 9.59 Å². The molecule has 182 valence electrons. The number of piperidine rings is 2. The van der Waals surface area contributed by atoms with Gasteiger partial charge in [-0.05, 0) is 64.0 Å². The molecule has 0 radical (unpaired) electrons. The molecule has 5 rings (SSSR count). The van der Waals surface area contributed by atoms with Crippen LogP contribution in [-0.4, -0.2) is 71.7 Å². The highest BCUT2D eigenvalue weighted by Gasteiger charge is 2.30. The molecule has 0 saturated carbocycles. The lowest BCUT2D eigenvalue weighted by Gasteiger charge is -2.39. The van der Waals surface area contributed by atoms with Crippen LogP contribution in [0, 0.1) is 5.92 Å². The third-order valence-electron chi connectivity index (χ3n) is 7.38. The van der Waals surface area contributed by atoms with Crippen LogP contribution in [0.4, 0.5) is 0 Å². The van der Waals surface area contributed by atoms with E-state index in [1.54, 1.807) is 0 Å². The van der Waals surface area contributed by atoms with Gasteiger partial charge in [-0.3, -0.25) is 18.6 Å². The van der Waals surface area contributed by atoms with Crippen molar-refractivity contribution in [2.75, 3.05) is 18.8 Å². The van der Waals surface area contributed by atoms with Gasteiger partial charge in [0.2, 0.25) is 17.6 Å². The molecule has 0 spiro atoms. The second-order valence-corrected chi connectivity index (χ2v) is 10.9. The fourth-order valence-electron chi connectivity index (χ4n) is 5.65. The van der Waals surface area contributed by atoms with E-state index in [0.717, 1.165) is 43.4 Å². The van der Waals surface area contributed by atoms with Crippen molar-refractivity contribution in [3.05, 3.63) is 24.3 Å². The Labute approximate surface area is 204 Å². The van der Waals surface area contributed by atoms with Crippen LogP contribution in [0.5, 0.6) is 0 Å². The average Bonchev–Trinajstić information content (AvgIpc) is 3.37. The van der Waals surface area contributed by atoms with Crippen molar-refractivity contribution in [2.45, 2.75) is 76.7 Å². The van der Waals surface area contributed by atoms with Gasteiger partial charge in [0.25, 0.3) is 0 Å². The summed E-state index contributed by atoms with van der Waals surface area (Å²) in [5.74, 6) is 1.82. The highest BCUT2D eigenvalue weighted by molar-refractivity contribution is 7.99. The van der Waals surface area contributed by atoms with Gasteiger partial charge in [-0.2, -0.15) is 0 Å². The van der Waals surface area contributed by atoms with Crippen LogP contribution in [0.1, 0.15) is 52.9 Å². The summed E-state index contributed by atoms with van der Waals surface area (Å²) in [4.78, 5) is 30.2. The Hall–Kier alpha value is -2.55. The van der Waals surface area contributed by atoms with Crippen LogP contribution in [0.15, 0.2) is 29.4 Å². The van der Waals surface area contributed by atoms with Gasteiger partial charge in [-0.15, -0.1) is 10.2 Å². The molecule has 0 N–H and O–H groups in total. The van der Waals surface area contributed by atoms with Crippen LogP contribution in [0.25, 0.3) is 16.8 Å². The van der Waals surface area contributed by atoms with Gasteiger partial charge in [0.1, 0.15) is 6.54 Å². The maximum absolute atomic E-state index is 13.4. The minimum absolute atomic E-state index is 0.120. The Morgan fingerprint density at radius 3 is 2.44 bits per heavy atom. The molecule has 2 aliphatic heterocycles. The van der Waals surface area contributed by atoms with Gasteiger partial charge in [0, 0.05) is 25.2 Å². The van der Waals surface area contributed by atoms with Crippen molar-refractivity contribution >= 4 is 40.4 Å². The number of thioether (sulfide) groups is 1. The smallest absolute Gasteiger partial charge is 0.243 e. The van der Waals surface area contributed by atoms with Crippen LogP contribution < -0.4 is 0 Å². The van der Waals surface area contributed by atoms with Crippen molar-refractivity contribution in [3.63, 3.8) is 0 Å². The number of para-hydroxylation sites is 2. The van der Waals surface area contributed by atoms with Crippen molar-refractivity contribution in [2.24, 2.45) is 5.92 Å². The van der Waals surface area contributed by atoms with Crippen molar-refractivity contribution in [3.8, 4) is 0 Å². The van der Waals surface area contributed by atoms with Crippen molar-refractivity contribution in [1.82, 2.24) is 29.0 Å². The second kappa shape index (κ2) is 9.60. The largest absolute Gasteiger partial charge is 0.342 e. The van der Waals surface area contributed by atoms with Gasteiger partial charge in [0.15, 0.2) is 5.16 Å². The van der Waals surface area contributed by atoms with Gasteiger partial charge in [-0.1, -0.05) is 30.8 Å². The van der Waals surface area contributed by atoms with Crippen LogP contribution >= 0.6 is 11.8 Å². The number of hydrogen-bond acceptors (Lipinski definition) is 5. The third-order valence-corrected chi connectivity index (χ3v) is 8.29. The summed E-state index contributed by atoms with van der Waals surface area (Å²) >= 11 is 1.42. The average molecular weight is 483 g/mol. The molecule has 2 aliphatic rings. The number of imidazole rings is 1. The number of carbonyl (C=O) groups excluding carboxylic acids is 2. The number of carbonyl (C=O) groups is 2. The van der Waals surface area contributed by atoms with E-state index in [2.05, 4.69) is 31.0 Å². The highest BCUT2D eigenvalue weighted by atomic mass is 32.2. The minimum atomic E-state index is 0.120. The zero-order chi connectivity index (χ0) is 23.8. The van der Waals surface area contributed by atoms with E-state index in [-0.39, 0.29) is 30.4 Å². The Morgan fingerprint density at radius 1 is 0.971 bits per heavy atom. The van der Waals surface area contributed by atoms with Gasteiger partial charge >= 0.3 is 0 Å². The van der Waals surface area contributed by atoms with Gasteiger partial charge < -0.3 is 9.80 Å². The molecule has 3 atom stereocenters. The summed E-state index contributed by atoms with van der Waals surface area (Å²) in [6.07, 6.45) is 5.53. The summed E-state index contributed by atoms with van der Waals surface area (Å²) in [6, 6.07) is 8.52. The summed E-state index contributed by atoms with van der Waals surface area (Å²) in [5, 5.41) is 9.55. The lowest BCUT2D eigenvalue weighted by atomic mass is 9.97. The predicted octanol–water partition coefficient (Wildman–Crippen LogP) is 3.82. The molecule has 0 aliphatic carbocycles. The summed E-state index contributed by atoms with van der Waals surface area (Å²) < 4.78 is 3.96. The lowest BCUT2D eigenvalue weighted by Crippen LogP contribution is -2.48. The SMILES string of the molecule is C[C@H]1CCCN(C(=O)CSc2nnc3n(CC(=O)N4[C@H](C)CCC[C@@H]4C)c4ccccc4n23)C1. The number of nitrogens with zero attached hydrogens (tertiary/aromatic N) is 6. The van der Waals surface area contributed by atoms with E-state index >= 15 is 0 Å². The van der Waals surface area contributed by atoms with E-state index in [1.165, 1.54) is 24.6 Å². The molecule has 2 fully saturated rings. The number of aromatic nitrogens is 4. The van der Waals surface area contributed by atoms with Crippen molar-refractivity contribution < 1.29 is 9.59 Å². The predicted molar refractivity (Wildman–Crippen MR) is 134 cm³/mol. The van der Waals surface area contributed by atoms with E-state index < -0.39 is 0 Å². The number of hydrogen-bond donors (Lipinski definition) is 0. The zero-order valence-electron chi connectivity index (χ0n) is 20.3. The molecule has 0 bridgehead atoms. The number of fused-ring (bicyclic) bond motifs is 3. The Bertz CT molecular complexity index is 1190. The first-order valence-electron chi connectivity index (χ1n) is 12.5. The van der Waals surface area contributed by atoms with Crippen LogP contribution in [0.2, 0.25) is 0 Å². The maximum Gasteiger partial charge on any atom is 0.243 e. The molecular weight excluding hydrogens is 448 g/mol. The molecule has 8 nitrogen and oxygen atoms in total. The van der Waals surface area contributed by atoms with E-state index in [4.69, 9.17) is 0 Å². The Balaban J connectivity index is 1.40. The quantitative estimate of drug-likeness (QED) is 0.517. The Morgan fingerprint density at radius 2 is 1.71 bits per heavy atom. The van der Waals surface area contributed by atoms with Crippen LogP contribution in [-0.2, 0) is 16.1 Å². The number of benzene rings is 1. The molecule has 2 saturated heterocycles. The minimum Gasteiger partial charge on any atom is -0.342 e. The van der Waals surface area contributed by atoms with Crippen LogP contribution in [0.3, 0.4) is 0 Å². The molecule has 4 heterocycles. The monoisotopic (exact) mass is 482 g/mol. The molecule has 2 amide bonds. The number of amides is 2. The number of rotatable bonds is 5. The fraction of sp³-hybridized carbons (Fsp3) is 0.600. The molecule has 0 unspecified atom stereocenters. The fourth-order valence-corrected chi connectivity index (χ4v) is 6.49. The molecule has 3 aromatic rings.